The molecule has 0 aliphatic carbocycles. The first kappa shape index (κ1) is 18.9. The van der Waals surface area contributed by atoms with Crippen molar-refractivity contribution in [1.29, 1.82) is 0 Å². The fourth-order valence-electron chi connectivity index (χ4n) is 4.85. The Balaban J connectivity index is 1.62. The molecule has 4 nitrogen and oxygen atoms in total. The zero-order chi connectivity index (χ0) is 19.7. The van der Waals surface area contributed by atoms with E-state index < -0.39 is 0 Å². The van der Waals surface area contributed by atoms with Gasteiger partial charge in [0, 0.05) is 31.2 Å². The molecule has 0 saturated carbocycles. The van der Waals surface area contributed by atoms with Gasteiger partial charge in [-0.3, -0.25) is 4.79 Å². The summed E-state index contributed by atoms with van der Waals surface area (Å²) in [5, 5.41) is 0. The van der Waals surface area contributed by atoms with Crippen LogP contribution in [0.3, 0.4) is 0 Å². The molecule has 2 atom stereocenters. The van der Waals surface area contributed by atoms with E-state index in [4.69, 9.17) is 4.74 Å². The molecular weight excluding hydrogens is 348 g/mol. The van der Waals surface area contributed by atoms with Gasteiger partial charge < -0.3 is 14.5 Å². The van der Waals surface area contributed by atoms with Crippen LogP contribution in [-0.2, 0) is 11.3 Å². The fourth-order valence-corrected chi connectivity index (χ4v) is 4.85. The minimum absolute atomic E-state index is 0.0859. The largest absolute Gasteiger partial charge is 0.494 e. The van der Waals surface area contributed by atoms with E-state index in [0.717, 1.165) is 18.7 Å². The second kappa shape index (κ2) is 7.50. The first-order chi connectivity index (χ1) is 13.5. The van der Waals surface area contributed by atoms with E-state index in [2.05, 4.69) is 47.9 Å². The molecule has 3 saturated heterocycles. The van der Waals surface area contributed by atoms with Gasteiger partial charge in [0.25, 0.3) is 0 Å². The lowest BCUT2D eigenvalue weighted by Gasteiger charge is -2.49. The standard InChI is InChI=1S/C24H30N2O2/c1-4-28-21-12-10-19(11-13-21)25-17-20-15-24(2,3)22(25)14-23(27)26(20)16-18-8-6-5-7-9-18/h5-13,20,22H,4,14-17H2,1-3H3/t20-,22+/m0/s1. The molecule has 0 spiro atoms. The second-order valence-electron chi connectivity index (χ2n) is 8.65. The first-order valence-corrected chi connectivity index (χ1v) is 10.3. The summed E-state index contributed by atoms with van der Waals surface area (Å²) in [5.41, 5.74) is 2.47. The van der Waals surface area contributed by atoms with Crippen LogP contribution in [-0.4, -0.2) is 36.0 Å². The highest BCUT2D eigenvalue weighted by molar-refractivity contribution is 5.79. The van der Waals surface area contributed by atoms with E-state index >= 15 is 0 Å². The number of piperidine rings is 1. The molecule has 2 aromatic rings. The van der Waals surface area contributed by atoms with Gasteiger partial charge in [-0.2, -0.15) is 0 Å². The number of carbonyl (C=O) groups excluding carboxylic acids is 1. The Morgan fingerprint density at radius 1 is 1.07 bits per heavy atom. The zero-order valence-electron chi connectivity index (χ0n) is 17.1. The third kappa shape index (κ3) is 3.60. The van der Waals surface area contributed by atoms with Gasteiger partial charge >= 0.3 is 0 Å². The molecule has 2 bridgehead atoms. The SMILES string of the molecule is CCOc1ccc(N2C[C@@H]3CC(C)(C)[C@H]2CC(=O)N3Cc2ccccc2)cc1. The third-order valence-corrected chi connectivity index (χ3v) is 6.25. The molecule has 0 aromatic heterocycles. The minimum atomic E-state index is 0.0859. The van der Waals surface area contributed by atoms with Gasteiger partial charge in [-0.1, -0.05) is 44.2 Å². The smallest absolute Gasteiger partial charge is 0.225 e. The lowest BCUT2D eigenvalue weighted by molar-refractivity contribution is -0.132. The second-order valence-corrected chi connectivity index (χ2v) is 8.65. The average molecular weight is 379 g/mol. The number of nitrogens with zero attached hydrogens (tertiary/aromatic N) is 2. The number of benzene rings is 2. The van der Waals surface area contributed by atoms with E-state index in [1.54, 1.807) is 0 Å². The zero-order valence-corrected chi connectivity index (χ0v) is 17.1. The van der Waals surface area contributed by atoms with Crippen molar-refractivity contribution in [3.63, 3.8) is 0 Å². The van der Waals surface area contributed by atoms with Crippen molar-refractivity contribution in [3.05, 3.63) is 60.2 Å². The summed E-state index contributed by atoms with van der Waals surface area (Å²) in [6, 6.07) is 19.1. The van der Waals surface area contributed by atoms with Crippen LogP contribution < -0.4 is 9.64 Å². The Morgan fingerprint density at radius 2 is 1.79 bits per heavy atom. The summed E-state index contributed by atoms with van der Waals surface area (Å²) < 4.78 is 5.60. The average Bonchev–Trinajstić information content (AvgIpc) is 2.86. The lowest BCUT2D eigenvalue weighted by atomic mass is 9.74. The Bertz CT molecular complexity index is 816. The number of rotatable bonds is 5. The summed E-state index contributed by atoms with van der Waals surface area (Å²) in [5.74, 6) is 1.17. The van der Waals surface area contributed by atoms with Crippen LogP contribution in [0.2, 0.25) is 0 Å². The topological polar surface area (TPSA) is 32.8 Å². The van der Waals surface area contributed by atoms with Crippen LogP contribution in [0.4, 0.5) is 5.69 Å². The third-order valence-electron chi connectivity index (χ3n) is 6.25. The highest BCUT2D eigenvalue weighted by Gasteiger charge is 2.48. The highest BCUT2D eigenvalue weighted by Crippen LogP contribution is 2.44. The van der Waals surface area contributed by atoms with Crippen LogP contribution >= 0.6 is 0 Å². The Kier molecular flexibility index (Phi) is 5.05. The lowest BCUT2D eigenvalue weighted by Crippen LogP contribution is -2.55. The maximum Gasteiger partial charge on any atom is 0.225 e. The molecule has 3 heterocycles. The molecule has 0 unspecified atom stereocenters. The summed E-state index contributed by atoms with van der Waals surface area (Å²) in [6.45, 7) is 8.88. The van der Waals surface area contributed by atoms with Crippen LogP contribution in [0.15, 0.2) is 54.6 Å². The van der Waals surface area contributed by atoms with Gasteiger partial charge in [0.15, 0.2) is 0 Å². The molecular formula is C24H30N2O2. The number of anilines is 1. The van der Waals surface area contributed by atoms with E-state index in [1.807, 2.05) is 37.3 Å². The summed E-state index contributed by atoms with van der Waals surface area (Å²) in [7, 11) is 0. The summed E-state index contributed by atoms with van der Waals surface area (Å²) >= 11 is 0. The van der Waals surface area contributed by atoms with E-state index in [0.29, 0.717) is 19.6 Å². The van der Waals surface area contributed by atoms with Gasteiger partial charge in [0.1, 0.15) is 5.75 Å². The predicted molar refractivity (Wildman–Crippen MR) is 113 cm³/mol. The number of hydrogen-bond acceptors (Lipinski definition) is 3. The van der Waals surface area contributed by atoms with Crippen LogP contribution in [0.5, 0.6) is 5.75 Å². The van der Waals surface area contributed by atoms with E-state index in [9.17, 15) is 4.79 Å². The van der Waals surface area contributed by atoms with Crippen LogP contribution in [0.25, 0.3) is 0 Å². The number of fused-ring (bicyclic) bond motifs is 4. The normalized spacial score (nSPS) is 23.6. The number of amides is 1. The van der Waals surface area contributed by atoms with Crippen molar-refractivity contribution < 1.29 is 9.53 Å². The molecule has 3 fully saturated rings. The molecule has 4 heteroatoms. The molecule has 3 aliphatic rings. The maximum atomic E-state index is 13.2. The Labute approximate surface area is 168 Å². The number of ether oxygens (including phenoxy) is 1. The van der Waals surface area contributed by atoms with Crippen molar-refractivity contribution in [3.8, 4) is 5.75 Å². The number of hydrogen-bond donors (Lipinski definition) is 0. The predicted octanol–water partition coefficient (Wildman–Crippen LogP) is 4.49. The van der Waals surface area contributed by atoms with E-state index in [1.165, 1.54) is 11.3 Å². The fraction of sp³-hybridized carbons (Fsp3) is 0.458. The molecule has 3 aliphatic heterocycles. The molecule has 148 valence electrons. The van der Waals surface area contributed by atoms with E-state index in [-0.39, 0.29) is 23.4 Å². The highest BCUT2D eigenvalue weighted by atomic mass is 16.5. The van der Waals surface area contributed by atoms with Crippen molar-refractivity contribution >= 4 is 11.6 Å². The molecule has 0 radical (unpaired) electrons. The van der Waals surface area contributed by atoms with Crippen molar-refractivity contribution in [2.24, 2.45) is 5.41 Å². The molecule has 0 N–H and O–H groups in total. The molecule has 2 aromatic carbocycles. The van der Waals surface area contributed by atoms with Gasteiger partial charge in [-0.25, -0.2) is 0 Å². The van der Waals surface area contributed by atoms with Crippen LogP contribution in [0.1, 0.15) is 39.2 Å². The molecule has 28 heavy (non-hydrogen) atoms. The van der Waals surface area contributed by atoms with Crippen molar-refractivity contribution in [2.45, 2.75) is 52.2 Å². The van der Waals surface area contributed by atoms with Crippen molar-refractivity contribution in [2.75, 3.05) is 18.1 Å². The molecule has 5 rings (SSSR count). The minimum Gasteiger partial charge on any atom is -0.494 e. The van der Waals surface area contributed by atoms with Gasteiger partial charge in [-0.15, -0.1) is 0 Å². The van der Waals surface area contributed by atoms with Crippen LogP contribution in [0, 0.1) is 5.41 Å². The Hall–Kier alpha value is -2.49. The number of carbonyl (C=O) groups is 1. The first-order valence-electron chi connectivity index (χ1n) is 10.3. The molecule has 1 amide bonds. The maximum absolute atomic E-state index is 13.2. The summed E-state index contributed by atoms with van der Waals surface area (Å²) in [4.78, 5) is 17.7. The Morgan fingerprint density at radius 3 is 2.46 bits per heavy atom. The van der Waals surface area contributed by atoms with Crippen molar-refractivity contribution in [1.82, 2.24) is 4.90 Å². The monoisotopic (exact) mass is 378 g/mol. The summed E-state index contributed by atoms with van der Waals surface area (Å²) in [6.07, 6.45) is 1.62. The van der Waals surface area contributed by atoms with Gasteiger partial charge in [0.2, 0.25) is 5.91 Å². The van der Waals surface area contributed by atoms with Gasteiger partial charge in [-0.05, 0) is 48.6 Å². The van der Waals surface area contributed by atoms with Gasteiger partial charge in [0.05, 0.1) is 12.6 Å². The quantitative estimate of drug-likeness (QED) is 0.768.